The van der Waals surface area contributed by atoms with Gasteiger partial charge in [-0.25, -0.2) is 0 Å². The van der Waals surface area contributed by atoms with Crippen molar-refractivity contribution in [2.45, 2.75) is 13.8 Å². The van der Waals surface area contributed by atoms with Gasteiger partial charge in [0.25, 0.3) is 11.8 Å². The van der Waals surface area contributed by atoms with Crippen LogP contribution in [0, 0.1) is 13.8 Å². The molecular formula is C24H26ClN3O4. The molecule has 0 aliphatic rings. The highest BCUT2D eigenvalue weighted by Gasteiger charge is 2.22. The van der Waals surface area contributed by atoms with Gasteiger partial charge in [0.05, 0.1) is 31.0 Å². The normalized spacial score (nSPS) is 10.6. The van der Waals surface area contributed by atoms with Gasteiger partial charge in [-0.15, -0.1) is 0 Å². The van der Waals surface area contributed by atoms with E-state index in [9.17, 15) is 9.59 Å². The van der Waals surface area contributed by atoms with Gasteiger partial charge in [-0.05, 0) is 50.2 Å². The highest BCUT2D eigenvalue weighted by molar-refractivity contribution is 6.30. The van der Waals surface area contributed by atoms with Gasteiger partial charge in [0.1, 0.15) is 0 Å². The summed E-state index contributed by atoms with van der Waals surface area (Å²) in [6, 6.07) is 12.4. The number of methoxy groups -OCH3 is 2. The number of nitrogens with zero attached hydrogens (tertiary/aromatic N) is 2. The van der Waals surface area contributed by atoms with Crippen molar-refractivity contribution in [2.24, 2.45) is 0 Å². The van der Waals surface area contributed by atoms with Crippen LogP contribution in [0.5, 0.6) is 11.5 Å². The fourth-order valence-corrected chi connectivity index (χ4v) is 3.70. The molecule has 0 aliphatic heterocycles. The molecular weight excluding hydrogens is 430 g/mol. The van der Waals surface area contributed by atoms with Crippen LogP contribution in [0.2, 0.25) is 5.02 Å². The fraction of sp³-hybridized carbons (Fsp3) is 0.250. The number of carbonyl (C=O) groups is 2. The van der Waals surface area contributed by atoms with Gasteiger partial charge in [-0.2, -0.15) is 0 Å². The largest absolute Gasteiger partial charge is 0.493 e. The van der Waals surface area contributed by atoms with Crippen LogP contribution in [0.1, 0.15) is 32.1 Å². The maximum absolute atomic E-state index is 13.2. The first-order chi connectivity index (χ1) is 15.2. The van der Waals surface area contributed by atoms with Crippen molar-refractivity contribution in [3.05, 3.63) is 70.0 Å². The molecule has 2 aromatic carbocycles. The lowest BCUT2D eigenvalue weighted by Crippen LogP contribution is -2.24. The van der Waals surface area contributed by atoms with E-state index in [1.165, 1.54) is 19.1 Å². The van der Waals surface area contributed by atoms with Gasteiger partial charge in [0, 0.05) is 42.3 Å². The minimum atomic E-state index is -0.335. The van der Waals surface area contributed by atoms with Gasteiger partial charge in [-0.3, -0.25) is 9.59 Å². The molecule has 0 atom stereocenters. The number of anilines is 1. The number of aryl methyl sites for hydroxylation is 1. The summed E-state index contributed by atoms with van der Waals surface area (Å²) in [5.74, 6) is 0.201. The second kappa shape index (κ2) is 9.36. The molecule has 32 heavy (non-hydrogen) atoms. The van der Waals surface area contributed by atoms with E-state index < -0.39 is 0 Å². The van der Waals surface area contributed by atoms with E-state index in [1.54, 1.807) is 38.4 Å². The smallest absolute Gasteiger partial charge is 0.257 e. The van der Waals surface area contributed by atoms with E-state index in [2.05, 4.69) is 5.32 Å². The molecule has 2 amide bonds. The molecule has 0 fully saturated rings. The van der Waals surface area contributed by atoms with E-state index in [0.717, 1.165) is 17.1 Å². The Bertz CT molecular complexity index is 1170. The van der Waals surface area contributed by atoms with Crippen molar-refractivity contribution in [3.63, 3.8) is 0 Å². The Balaban J connectivity index is 2.03. The Morgan fingerprint density at radius 2 is 1.53 bits per heavy atom. The summed E-state index contributed by atoms with van der Waals surface area (Å²) in [6.45, 7) is 3.80. The molecule has 7 nitrogen and oxygen atoms in total. The number of hydrogen-bond donors (Lipinski definition) is 1. The standard InChI is InChI=1S/C24H26ClN3O4/c1-14-11-18(15(2)28(14)17-9-7-16(25)8-10-17)23(29)26-20-13-22(32-6)21(31-5)12-19(20)24(30)27(3)4/h7-13H,1-6H3,(H,26,29). The van der Waals surface area contributed by atoms with Gasteiger partial charge in [-0.1, -0.05) is 11.6 Å². The molecule has 0 radical (unpaired) electrons. The summed E-state index contributed by atoms with van der Waals surface area (Å²) >= 11 is 6.01. The Kier molecular flexibility index (Phi) is 6.79. The molecule has 0 aliphatic carbocycles. The molecule has 0 spiro atoms. The molecule has 0 unspecified atom stereocenters. The van der Waals surface area contributed by atoms with Crippen LogP contribution in [-0.2, 0) is 0 Å². The van der Waals surface area contributed by atoms with Crippen molar-refractivity contribution in [2.75, 3.05) is 33.6 Å². The molecule has 8 heteroatoms. The molecule has 168 valence electrons. The minimum Gasteiger partial charge on any atom is -0.493 e. The van der Waals surface area contributed by atoms with E-state index in [-0.39, 0.29) is 11.8 Å². The second-order valence-corrected chi connectivity index (χ2v) is 7.94. The number of halogens is 1. The Hall–Kier alpha value is -3.45. The van der Waals surface area contributed by atoms with Crippen molar-refractivity contribution in [1.29, 1.82) is 0 Å². The average Bonchev–Trinajstić information content (AvgIpc) is 3.07. The Morgan fingerprint density at radius 3 is 2.09 bits per heavy atom. The summed E-state index contributed by atoms with van der Waals surface area (Å²) in [7, 11) is 6.27. The first kappa shape index (κ1) is 23.2. The number of nitrogens with one attached hydrogen (secondary N) is 1. The third-order valence-electron chi connectivity index (χ3n) is 5.17. The van der Waals surface area contributed by atoms with Crippen LogP contribution < -0.4 is 14.8 Å². The second-order valence-electron chi connectivity index (χ2n) is 7.50. The van der Waals surface area contributed by atoms with E-state index in [1.807, 2.05) is 36.6 Å². The number of hydrogen-bond acceptors (Lipinski definition) is 4. The van der Waals surface area contributed by atoms with Gasteiger partial charge in [0.15, 0.2) is 11.5 Å². The van der Waals surface area contributed by atoms with Gasteiger partial charge >= 0.3 is 0 Å². The summed E-state index contributed by atoms with van der Waals surface area (Å²) in [6.07, 6.45) is 0. The Labute approximate surface area is 192 Å². The predicted molar refractivity (Wildman–Crippen MR) is 126 cm³/mol. The molecule has 3 aromatic rings. The number of amides is 2. The van der Waals surface area contributed by atoms with Crippen molar-refractivity contribution in [1.82, 2.24) is 9.47 Å². The maximum atomic E-state index is 13.2. The number of rotatable bonds is 6. The lowest BCUT2D eigenvalue weighted by molar-refractivity contribution is 0.0828. The summed E-state index contributed by atoms with van der Waals surface area (Å²) < 4.78 is 12.7. The SMILES string of the molecule is COc1cc(NC(=O)c2cc(C)n(-c3ccc(Cl)cc3)c2C)c(C(=O)N(C)C)cc1OC. The molecule has 0 saturated heterocycles. The summed E-state index contributed by atoms with van der Waals surface area (Å²) in [5, 5.41) is 3.51. The minimum absolute atomic E-state index is 0.270. The maximum Gasteiger partial charge on any atom is 0.257 e. The predicted octanol–water partition coefficient (Wildman–Crippen LogP) is 4.72. The average molecular weight is 456 g/mol. The van der Waals surface area contributed by atoms with Crippen LogP contribution in [0.4, 0.5) is 5.69 Å². The first-order valence-corrected chi connectivity index (χ1v) is 10.3. The number of aromatic nitrogens is 1. The Morgan fingerprint density at radius 1 is 0.938 bits per heavy atom. The molecule has 1 heterocycles. The van der Waals surface area contributed by atoms with E-state index in [0.29, 0.717) is 33.3 Å². The first-order valence-electron chi connectivity index (χ1n) is 9.91. The molecule has 3 rings (SSSR count). The molecule has 0 saturated carbocycles. The molecule has 1 N–H and O–H groups in total. The number of carbonyl (C=O) groups excluding carboxylic acids is 2. The van der Waals surface area contributed by atoms with Gasteiger partial charge in [0.2, 0.25) is 0 Å². The van der Waals surface area contributed by atoms with Crippen LogP contribution in [0.25, 0.3) is 5.69 Å². The zero-order valence-corrected chi connectivity index (χ0v) is 19.7. The topological polar surface area (TPSA) is 72.8 Å². The monoisotopic (exact) mass is 455 g/mol. The lowest BCUT2D eigenvalue weighted by Gasteiger charge is -2.18. The van der Waals surface area contributed by atoms with E-state index in [4.69, 9.17) is 21.1 Å². The van der Waals surface area contributed by atoms with E-state index >= 15 is 0 Å². The fourth-order valence-electron chi connectivity index (χ4n) is 3.57. The van der Waals surface area contributed by atoms with Crippen molar-refractivity contribution < 1.29 is 19.1 Å². The third kappa shape index (κ3) is 4.43. The van der Waals surface area contributed by atoms with Crippen molar-refractivity contribution in [3.8, 4) is 17.2 Å². The van der Waals surface area contributed by atoms with Crippen LogP contribution in [-0.4, -0.2) is 49.6 Å². The van der Waals surface area contributed by atoms with Crippen LogP contribution in [0.3, 0.4) is 0 Å². The summed E-state index contributed by atoms with van der Waals surface area (Å²) in [4.78, 5) is 27.4. The molecule has 0 bridgehead atoms. The van der Waals surface area contributed by atoms with Crippen LogP contribution >= 0.6 is 11.6 Å². The lowest BCUT2D eigenvalue weighted by atomic mass is 10.1. The number of benzene rings is 2. The van der Waals surface area contributed by atoms with Gasteiger partial charge < -0.3 is 24.3 Å². The zero-order chi connectivity index (χ0) is 23.6. The van der Waals surface area contributed by atoms with Crippen molar-refractivity contribution >= 4 is 29.1 Å². The van der Waals surface area contributed by atoms with Crippen LogP contribution in [0.15, 0.2) is 42.5 Å². The highest BCUT2D eigenvalue weighted by Crippen LogP contribution is 2.34. The zero-order valence-electron chi connectivity index (χ0n) is 18.9. The highest BCUT2D eigenvalue weighted by atomic mass is 35.5. The summed E-state index contributed by atoms with van der Waals surface area (Å²) in [5.41, 5.74) is 3.69. The molecule has 1 aromatic heterocycles. The quantitative estimate of drug-likeness (QED) is 0.583. The number of ether oxygens (including phenoxy) is 2. The third-order valence-corrected chi connectivity index (χ3v) is 5.42.